The molecule has 2 saturated heterocycles. The van der Waals surface area contributed by atoms with E-state index in [1.165, 1.54) is 89.1 Å². The van der Waals surface area contributed by atoms with Gasteiger partial charge in [0, 0.05) is 36.3 Å². The van der Waals surface area contributed by atoms with E-state index in [1.807, 2.05) is 0 Å². The van der Waals surface area contributed by atoms with Gasteiger partial charge in [0.05, 0.1) is 17.8 Å². The van der Waals surface area contributed by atoms with Crippen molar-refractivity contribution in [1.29, 1.82) is 0 Å². The van der Waals surface area contributed by atoms with Crippen LogP contribution in [0.3, 0.4) is 0 Å². The molecule has 4 spiro atoms. The zero-order valence-corrected chi connectivity index (χ0v) is 26.7. The molecule has 8 rings (SSSR count). The molecule has 4 saturated carbocycles. The van der Waals surface area contributed by atoms with Crippen LogP contribution >= 0.6 is 23.4 Å². The summed E-state index contributed by atoms with van der Waals surface area (Å²) in [5.41, 5.74) is 21.5. The largest absolute Gasteiger partial charge is 0.390 e. The summed E-state index contributed by atoms with van der Waals surface area (Å²) in [6, 6.07) is 2.66. The number of pyridine rings is 1. The molecule has 4 aliphatic carbocycles. The molecule has 2 unspecified atom stereocenters. The Kier molecular flexibility index (Phi) is 7.87. The van der Waals surface area contributed by atoms with E-state index in [0.29, 0.717) is 44.1 Å². The van der Waals surface area contributed by atoms with Crippen molar-refractivity contribution in [2.45, 2.75) is 106 Å². The van der Waals surface area contributed by atoms with Gasteiger partial charge in [-0.3, -0.25) is 0 Å². The van der Waals surface area contributed by atoms with Crippen LogP contribution in [0.1, 0.15) is 82.7 Å². The minimum atomic E-state index is -0.160. The van der Waals surface area contributed by atoms with E-state index in [9.17, 15) is 5.11 Å². The predicted molar refractivity (Wildman–Crippen MR) is 172 cm³/mol. The monoisotopic (exact) mass is 626 g/mol. The lowest BCUT2D eigenvalue weighted by Crippen LogP contribution is -2.49. The molecule has 0 bridgehead atoms. The highest BCUT2D eigenvalue weighted by atomic mass is 35.5. The molecule has 8 N–H and O–H groups in total. The number of hydrogen-bond donors (Lipinski definition) is 5. The third kappa shape index (κ3) is 5.33. The van der Waals surface area contributed by atoms with Crippen LogP contribution in [0.25, 0.3) is 0 Å². The number of nitrogens with two attached hydrogens (primary N) is 3. The average Bonchev–Trinajstić information content (AvgIpc) is 3.96. The lowest BCUT2D eigenvalue weighted by Gasteiger charge is -2.43. The van der Waals surface area contributed by atoms with Crippen molar-refractivity contribution in [2.75, 3.05) is 36.8 Å². The van der Waals surface area contributed by atoms with E-state index in [1.54, 1.807) is 18.5 Å². The van der Waals surface area contributed by atoms with Crippen molar-refractivity contribution < 1.29 is 5.11 Å². The molecule has 43 heavy (non-hydrogen) atoms. The SMILES string of the molecule is NC1C2(CCNCC2)CCC12CC2.Nc1nccc(Sc2cnc(N3CCC4(CC3)CCC3(CC3)C4N)c(CO)n2)c1Cl. The van der Waals surface area contributed by atoms with Crippen molar-refractivity contribution in [3.05, 3.63) is 29.2 Å². The summed E-state index contributed by atoms with van der Waals surface area (Å²) < 4.78 is 0. The molecule has 2 aromatic heterocycles. The summed E-state index contributed by atoms with van der Waals surface area (Å²) in [5, 5.41) is 14.5. The molecule has 9 nitrogen and oxygen atoms in total. The Morgan fingerprint density at radius 3 is 1.95 bits per heavy atom. The second-order valence-electron chi connectivity index (χ2n) is 14.4. The number of rotatable bonds is 4. The van der Waals surface area contributed by atoms with Gasteiger partial charge in [-0.05, 0) is 118 Å². The fourth-order valence-electron chi connectivity index (χ4n) is 9.03. The molecule has 234 valence electrons. The van der Waals surface area contributed by atoms with Crippen LogP contribution in [0.2, 0.25) is 5.02 Å². The van der Waals surface area contributed by atoms with Gasteiger partial charge in [-0.25, -0.2) is 15.0 Å². The Hall–Kier alpha value is -1.69. The van der Waals surface area contributed by atoms with Crippen molar-refractivity contribution in [2.24, 2.45) is 33.1 Å². The van der Waals surface area contributed by atoms with Crippen LogP contribution in [-0.2, 0) is 6.61 Å². The van der Waals surface area contributed by atoms with Crippen LogP contribution in [0.4, 0.5) is 11.6 Å². The van der Waals surface area contributed by atoms with E-state index < -0.39 is 0 Å². The Morgan fingerprint density at radius 1 is 0.860 bits per heavy atom. The quantitative estimate of drug-likeness (QED) is 0.328. The molecule has 6 fully saturated rings. The predicted octanol–water partition coefficient (Wildman–Crippen LogP) is 4.50. The van der Waals surface area contributed by atoms with E-state index in [2.05, 4.69) is 25.2 Å². The summed E-state index contributed by atoms with van der Waals surface area (Å²) in [6.45, 7) is 4.05. The number of piperidine rings is 2. The normalized spacial score (nSPS) is 28.8. The third-order valence-corrected chi connectivity index (χ3v) is 13.8. The van der Waals surface area contributed by atoms with Gasteiger partial charge in [0.25, 0.3) is 0 Å². The number of aliphatic hydroxyl groups excluding tert-OH is 1. The fourth-order valence-corrected chi connectivity index (χ4v) is 10.1. The molecule has 6 aliphatic rings. The Balaban J connectivity index is 0.000000191. The zero-order valence-electron chi connectivity index (χ0n) is 25.2. The van der Waals surface area contributed by atoms with Gasteiger partial charge in [-0.15, -0.1) is 0 Å². The molecule has 0 radical (unpaired) electrons. The molecular formula is C32H47ClN8OS. The topological polar surface area (TPSA) is 152 Å². The van der Waals surface area contributed by atoms with E-state index in [-0.39, 0.29) is 17.8 Å². The van der Waals surface area contributed by atoms with Gasteiger partial charge in [0.1, 0.15) is 16.5 Å². The summed E-state index contributed by atoms with van der Waals surface area (Å²) in [5.74, 6) is 1.05. The minimum Gasteiger partial charge on any atom is -0.390 e. The first kappa shape index (κ1) is 30.0. The number of aromatic nitrogens is 3. The maximum atomic E-state index is 9.95. The van der Waals surface area contributed by atoms with Crippen LogP contribution in [-0.4, -0.2) is 58.3 Å². The lowest BCUT2D eigenvalue weighted by atomic mass is 9.72. The van der Waals surface area contributed by atoms with Gasteiger partial charge in [0.15, 0.2) is 5.82 Å². The summed E-state index contributed by atoms with van der Waals surface area (Å²) in [6.07, 6.45) is 19.0. The molecule has 0 amide bonds. The second-order valence-corrected chi connectivity index (χ2v) is 15.8. The minimum absolute atomic E-state index is 0.160. The summed E-state index contributed by atoms with van der Waals surface area (Å²) >= 11 is 7.60. The fraction of sp³-hybridized carbons (Fsp3) is 0.719. The Bertz CT molecular complexity index is 1340. The first-order valence-corrected chi connectivity index (χ1v) is 17.4. The standard InChI is InChI=1S/C21H27ClN6OS.C11H20N2/c22-16-14(1-8-25-17(16)23)30-15-11-26-18(13(12-29)27-15)28-9-6-21(7-10-28)5-4-20(2-3-20)19(21)24;12-9-10(1-2-10)3-4-11(9)5-7-13-8-6-11/h1,8,11,19,29H,2-7,9-10,12,24H2,(H2,23,25);9,13H,1-8,12H2. The molecule has 2 atom stereocenters. The molecule has 2 aromatic rings. The Labute approximate surface area is 264 Å². The third-order valence-electron chi connectivity index (χ3n) is 12.4. The van der Waals surface area contributed by atoms with Crippen LogP contribution in [0, 0.1) is 21.7 Å². The van der Waals surface area contributed by atoms with E-state index >= 15 is 0 Å². The molecular weight excluding hydrogens is 580 g/mol. The van der Waals surface area contributed by atoms with Gasteiger partial charge in [-0.2, -0.15) is 0 Å². The zero-order chi connectivity index (χ0) is 29.9. The van der Waals surface area contributed by atoms with E-state index in [0.717, 1.165) is 36.6 Å². The molecule has 2 aliphatic heterocycles. The molecule has 0 aromatic carbocycles. The summed E-state index contributed by atoms with van der Waals surface area (Å²) in [4.78, 5) is 16.3. The van der Waals surface area contributed by atoms with Crippen LogP contribution < -0.4 is 27.4 Å². The average molecular weight is 627 g/mol. The summed E-state index contributed by atoms with van der Waals surface area (Å²) in [7, 11) is 0. The highest BCUT2D eigenvalue weighted by molar-refractivity contribution is 7.99. The lowest BCUT2D eigenvalue weighted by molar-refractivity contribution is 0.166. The first-order valence-electron chi connectivity index (χ1n) is 16.3. The van der Waals surface area contributed by atoms with Gasteiger partial charge >= 0.3 is 0 Å². The van der Waals surface area contributed by atoms with Crippen LogP contribution in [0.5, 0.6) is 0 Å². The van der Waals surface area contributed by atoms with Crippen molar-refractivity contribution in [1.82, 2.24) is 20.3 Å². The van der Waals surface area contributed by atoms with Crippen molar-refractivity contribution >= 4 is 35.0 Å². The maximum Gasteiger partial charge on any atom is 0.152 e. The highest BCUT2D eigenvalue weighted by Crippen LogP contribution is 2.66. The molecule has 11 heteroatoms. The second kappa shape index (κ2) is 11.3. The van der Waals surface area contributed by atoms with E-state index in [4.69, 9.17) is 28.8 Å². The molecule has 4 heterocycles. The highest BCUT2D eigenvalue weighted by Gasteiger charge is 2.61. The van der Waals surface area contributed by atoms with Crippen molar-refractivity contribution in [3.8, 4) is 0 Å². The van der Waals surface area contributed by atoms with Crippen LogP contribution in [0.15, 0.2) is 28.4 Å². The van der Waals surface area contributed by atoms with Gasteiger partial charge in [-0.1, -0.05) is 23.4 Å². The van der Waals surface area contributed by atoms with Gasteiger partial charge in [0.2, 0.25) is 0 Å². The Morgan fingerprint density at radius 2 is 1.40 bits per heavy atom. The number of halogens is 1. The number of nitrogen functional groups attached to an aromatic ring is 1. The number of hydrogen-bond acceptors (Lipinski definition) is 10. The number of aliphatic hydroxyl groups is 1. The smallest absolute Gasteiger partial charge is 0.152 e. The van der Waals surface area contributed by atoms with Gasteiger partial charge < -0.3 is 32.5 Å². The first-order chi connectivity index (χ1) is 20.7. The number of nitrogens with one attached hydrogen (secondary N) is 1. The van der Waals surface area contributed by atoms with Crippen molar-refractivity contribution in [3.63, 3.8) is 0 Å². The number of anilines is 2. The number of nitrogens with zero attached hydrogens (tertiary/aromatic N) is 4. The maximum absolute atomic E-state index is 9.95.